The van der Waals surface area contributed by atoms with Gasteiger partial charge in [-0.25, -0.2) is 0 Å². The Morgan fingerprint density at radius 3 is 2.20 bits per heavy atom. The summed E-state index contributed by atoms with van der Waals surface area (Å²) in [6, 6.07) is 27.7. The van der Waals surface area contributed by atoms with Crippen LogP contribution in [-0.4, -0.2) is 29.0 Å². The third kappa shape index (κ3) is 4.92. The first-order valence-electron chi connectivity index (χ1n) is 10.1. The van der Waals surface area contributed by atoms with Gasteiger partial charge in [-0.2, -0.15) is 0 Å². The Morgan fingerprint density at radius 1 is 0.900 bits per heavy atom. The first-order chi connectivity index (χ1) is 14.7. The van der Waals surface area contributed by atoms with Gasteiger partial charge in [-0.3, -0.25) is 9.59 Å². The van der Waals surface area contributed by atoms with E-state index in [1.807, 2.05) is 77.7 Å². The normalized spacial score (nSPS) is 15.9. The maximum absolute atomic E-state index is 12.4. The van der Waals surface area contributed by atoms with Crippen molar-refractivity contribution in [3.05, 3.63) is 107 Å². The van der Waals surface area contributed by atoms with E-state index in [4.69, 9.17) is 0 Å². The van der Waals surface area contributed by atoms with Crippen LogP contribution in [0.25, 0.3) is 0 Å². The lowest BCUT2D eigenvalue weighted by Crippen LogP contribution is -2.30. The van der Waals surface area contributed by atoms with Crippen LogP contribution in [0.2, 0.25) is 0 Å². The van der Waals surface area contributed by atoms with Crippen molar-refractivity contribution >= 4 is 23.6 Å². The molecule has 1 aliphatic rings. The molecule has 0 aliphatic carbocycles. The lowest BCUT2D eigenvalue weighted by Gasteiger charge is -2.24. The third-order valence-electron chi connectivity index (χ3n) is 5.21. The molecule has 2 amide bonds. The fraction of sp³-hybridized carbons (Fsp3) is 0.200. The van der Waals surface area contributed by atoms with Crippen molar-refractivity contribution in [3.8, 4) is 0 Å². The highest BCUT2D eigenvalue weighted by Gasteiger charge is 2.32. The number of hydrogen-bond acceptors (Lipinski definition) is 3. The first kappa shape index (κ1) is 20.2. The second kappa shape index (κ2) is 9.63. The average Bonchev–Trinajstić information content (AvgIpc) is 3.18. The van der Waals surface area contributed by atoms with Gasteiger partial charge in [0.1, 0.15) is 5.37 Å². The molecule has 0 radical (unpaired) electrons. The standard InChI is InChI=1S/C25H24N2O2S/c28-23-18-30-25(27(23)16-15-19-7-3-1-4-8-19)22-13-11-21(12-14-22)24(29)26-17-20-9-5-2-6-10-20/h1-14,25H,15-18H2,(H,26,29)/t25-/m1/s1. The summed E-state index contributed by atoms with van der Waals surface area (Å²) in [4.78, 5) is 26.8. The summed E-state index contributed by atoms with van der Waals surface area (Å²) >= 11 is 1.64. The summed E-state index contributed by atoms with van der Waals surface area (Å²) in [5.74, 6) is 0.575. The molecule has 3 aromatic rings. The third-order valence-corrected chi connectivity index (χ3v) is 6.46. The Balaban J connectivity index is 1.38. The Hall–Kier alpha value is -3.05. The molecule has 1 N–H and O–H groups in total. The van der Waals surface area contributed by atoms with Crippen LogP contribution < -0.4 is 5.32 Å². The van der Waals surface area contributed by atoms with Crippen LogP contribution in [0.5, 0.6) is 0 Å². The Kier molecular flexibility index (Phi) is 6.50. The highest BCUT2D eigenvalue weighted by Crippen LogP contribution is 2.38. The molecule has 1 heterocycles. The van der Waals surface area contributed by atoms with Crippen LogP contribution in [-0.2, 0) is 17.8 Å². The smallest absolute Gasteiger partial charge is 0.251 e. The van der Waals surface area contributed by atoms with E-state index in [0.717, 1.165) is 17.5 Å². The molecule has 1 saturated heterocycles. The van der Waals surface area contributed by atoms with Gasteiger partial charge in [-0.05, 0) is 35.2 Å². The average molecular weight is 417 g/mol. The molecule has 5 heteroatoms. The first-order valence-corrected chi connectivity index (χ1v) is 11.1. The monoisotopic (exact) mass is 416 g/mol. The molecule has 4 rings (SSSR count). The molecule has 0 aromatic heterocycles. The number of amides is 2. The largest absolute Gasteiger partial charge is 0.348 e. The number of thioether (sulfide) groups is 1. The summed E-state index contributed by atoms with van der Waals surface area (Å²) in [5, 5.41) is 2.95. The molecule has 0 unspecified atom stereocenters. The van der Waals surface area contributed by atoms with E-state index < -0.39 is 0 Å². The minimum Gasteiger partial charge on any atom is -0.348 e. The molecule has 0 saturated carbocycles. The van der Waals surface area contributed by atoms with Crippen molar-refractivity contribution in [3.63, 3.8) is 0 Å². The van der Waals surface area contributed by atoms with Crippen molar-refractivity contribution in [1.29, 1.82) is 0 Å². The molecule has 0 spiro atoms. The summed E-state index contributed by atoms with van der Waals surface area (Å²) in [5.41, 5.74) is 3.97. The highest BCUT2D eigenvalue weighted by molar-refractivity contribution is 8.00. The van der Waals surface area contributed by atoms with Crippen molar-refractivity contribution in [1.82, 2.24) is 10.2 Å². The lowest BCUT2D eigenvalue weighted by atomic mass is 10.1. The zero-order valence-electron chi connectivity index (χ0n) is 16.7. The maximum Gasteiger partial charge on any atom is 0.251 e. The van der Waals surface area contributed by atoms with Crippen LogP contribution in [0.15, 0.2) is 84.9 Å². The fourth-order valence-corrected chi connectivity index (χ4v) is 4.76. The van der Waals surface area contributed by atoms with Crippen molar-refractivity contribution < 1.29 is 9.59 Å². The molecular weight excluding hydrogens is 392 g/mol. The molecule has 152 valence electrons. The quantitative estimate of drug-likeness (QED) is 0.620. The van der Waals surface area contributed by atoms with Gasteiger partial charge in [-0.15, -0.1) is 11.8 Å². The molecule has 4 nitrogen and oxygen atoms in total. The van der Waals surface area contributed by atoms with E-state index in [2.05, 4.69) is 17.4 Å². The van der Waals surface area contributed by atoms with Crippen LogP contribution in [0, 0.1) is 0 Å². The van der Waals surface area contributed by atoms with Gasteiger partial charge in [0.15, 0.2) is 0 Å². The second-order valence-electron chi connectivity index (χ2n) is 7.28. The number of nitrogens with zero attached hydrogens (tertiary/aromatic N) is 1. The number of carbonyl (C=O) groups is 2. The molecule has 1 aliphatic heterocycles. The van der Waals surface area contributed by atoms with E-state index in [0.29, 0.717) is 24.4 Å². The Bertz CT molecular complexity index is 991. The van der Waals surface area contributed by atoms with E-state index in [-0.39, 0.29) is 17.2 Å². The molecular formula is C25H24N2O2S. The molecule has 1 fully saturated rings. The predicted octanol–water partition coefficient (Wildman–Crippen LogP) is 4.43. The van der Waals surface area contributed by atoms with Gasteiger partial charge in [0.05, 0.1) is 5.75 Å². The van der Waals surface area contributed by atoms with Gasteiger partial charge >= 0.3 is 0 Å². The second-order valence-corrected chi connectivity index (χ2v) is 8.34. The van der Waals surface area contributed by atoms with Crippen molar-refractivity contribution in [2.45, 2.75) is 18.3 Å². The van der Waals surface area contributed by atoms with E-state index in [9.17, 15) is 9.59 Å². The Labute approximate surface area is 181 Å². The zero-order chi connectivity index (χ0) is 20.8. The number of nitrogens with one attached hydrogen (secondary N) is 1. The summed E-state index contributed by atoms with van der Waals surface area (Å²) in [6.45, 7) is 1.20. The van der Waals surface area contributed by atoms with Gasteiger partial charge < -0.3 is 10.2 Å². The molecule has 3 aromatic carbocycles. The maximum atomic E-state index is 12.4. The van der Waals surface area contributed by atoms with Gasteiger partial charge in [0.2, 0.25) is 5.91 Å². The number of benzene rings is 3. The number of carbonyl (C=O) groups excluding carboxylic acids is 2. The van der Waals surface area contributed by atoms with E-state index >= 15 is 0 Å². The van der Waals surface area contributed by atoms with Gasteiger partial charge in [0, 0.05) is 18.7 Å². The minimum atomic E-state index is -0.0958. The molecule has 1 atom stereocenters. The van der Waals surface area contributed by atoms with Crippen LogP contribution in [0.4, 0.5) is 0 Å². The highest BCUT2D eigenvalue weighted by atomic mass is 32.2. The molecule has 0 bridgehead atoms. The predicted molar refractivity (Wildman–Crippen MR) is 121 cm³/mol. The van der Waals surface area contributed by atoms with Crippen LogP contribution in [0.1, 0.15) is 32.4 Å². The fourth-order valence-electron chi connectivity index (χ4n) is 3.55. The SMILES string of the molecule is O=C(NCc1ccccc1)c1ccc([C@H]2SCC(=O)N2CCc2ccccc2)cc1. The topological polar surface area (TPSA) is 49.4 Å². The van der Waals surface area contributed by atoms with Crippen LogP contribution in [0.3, 0.4) is 0 Å². The Morgan fingerprint density at radius 2 is 1.53 bits per heavy atom. The molecule has 30 heavy (non-hydrogen) atoms. The van der Waals surface area contributed by atoms with E-state index in [1.54, 1.807) is 11.8 Å². The lowest BCUT2D eigenvalue weighted by molar-refractivity contribution is -0.128. The number of hydrogen-bond donors (Lipinski definition) is 1. The zero-order valence-corrected chi connectivity index (χ0v) is 17.5. The van der Waals surface area contributed by atoms with Crippen molar-refractivity contribution in [2.24, 2.45) is 0 Å². The van der Waals surface area contributed by atoms with Crippen LogP contribution >= 0.6 is 11.8 Å². The van der Waals surface area contributed by atoms with Crippen molar-refractivity contribution in [2.75, 3.05) is 12.3 Å². The number of rotatable bonds is 7. The summed E-state index contributed by atoms with van der Waals surface area (Å²) < 4.78 is 0. The van der Waals surface area contributed by atoms with Gasteiger partial charge in [-0.1, -0.05) is 72.8 Å². The summed E-state index contributed by atoms with van der Waals surface area (Å²) in [6.07, 6.45) is 0.837. The van der Waals surface area contributed by atoms with E-state index in [1.165, 1.54) is 5.56 Å². The summed E-state index contributed by atoms with van der Waals surface area (Å²) in [7, 11) is 0. The minimum absolute atomic E-state index is 0.00245. The van der Waals surface area contributed by atoms with Gasteiger partial charge in [0.25, 0.3) is 5.91 Å².